The summed E-state index contributed by atoms with van der Waals surface area (Å²) in [5, 5.41) is 0. The van der Waals surface area contributed by atoms with Crippen LogP contribution in [0.2, 0.25) is 0 Å². The van der Waals surface area contributed by atoms with Gasteiger partial charge in [0.2, 0.25) is 0 Å². The van der Waals surface area contributed by atoms with Crippen molar-refractivity contribution in [3.63, 3.8) is 0 Å². The van der Waals surface area contributed by atoms with Crippen molar-refractivity contribution >= 4 is 18.5 Å². The minimum Gasteiger partial charge on any atom is -0.780 e. The van der Waals surface area contributed by atoms with Crippen molar-refractivity contribution in [3.8, 4) is 0 Å². The van der Waals surface area contributed by atoms with Gasteiger partial charge in [-0.25, -0.2) is 0 Å². The Kier molecular flexibility index (Phi) is 17.3. The molecule has 0 radical (unpaired) electrons. The molecule has 1 unspecified atom stereocenters. The van der Waals surface area contributed by atoms with Crippen molar-refractivity contribution in [1.82, 2.24) is 0 Å². The Morgan fingerprint density at radius 1 is 0.750 bits per heavy atom. The molecule has 5 heteroatoms. The van der Waals surface area contributed by atoms with Crippen LogP contribution in [0.4, 0.5) is 0 Å². The van der Waals surface area contributed by atoms with Gasteiger partial charge in [0.05, 0.1) is 12.7 Å². The van der Waals surface area contributed by atoms with Gasteiger partial charge in [-0.2, -0.15) is 0 Å². The van der Waals surface area contributed by atoms with Gasteiger partial charge in [0, 0.05) is 0 Å². The van der Waals surface area contributed by atoms with E-state index in [0.29, 0.717) is 6.61 Å². The normalized spacial score (nSPS) is 14.2. The Hall–Kier alpha value is 0.530. The maximum Gasteiger partial charge on any atom is 0.115 e. The zero-order chi connectivity index (χ0) is 18.1. The van der Waals surface area contributed by atoms with Crippen LogP contribution in [-0.2, 0) is 20.9 Å². The van der Waals surface area contributed by atoms with E-state index in [2.05, 4.69) is 6.92 Å². The highest BCUT2D eigenvalue weighted by Crippen LogP contribution is 2.40. The van der Waals surface area contributed by atoms with E-state index in [0.717, 1.165) is 12.8 Å². The van der Waals surface area contributed by atoms with E-state index in [-0.39, 0.29) is 6.10 Å². The SMILES string of the molecule is CCCCCCCCCCCCCCCCOP([O-])(=S)OC(C)C. The Bertz CT molecular complexity index is 311. The summed E-state index contributed by atoms with van der Waals surface area (Å²) in [6.07, 6.45) is 18.3. The third-order valence-corrected chi connectivity index (χ3v) is 5.84. The highest BCUT2D eigenvalue weighted by molar-refractivity contribution is 8.06. The molecular weight excluding hydrogens is 339 g/mol. The highest BCUT2D eigenvalue weighted by atomic mass is 32.5. The molecule has 0 bridgehead atoms. The first kappa shape index (κ1) is 24.5. The Labute approximate surface area is 156 Å². The lowest BCUT2D eigenvalue weighted by Gasteiger charge is -2.29. The monoisotopic (exact) mass is 379 g/mol. The van der Waals surface area contributed by atoms with Crippen LogP contribution in [0.1, 0.15) is 111 Å². The molecule has 0 amide bonds. The Morgan fingerprint density at radius 2 is 1.12 bits per heavy atom. The van der Waals surface area contributed by atoms with Gasteiger partial charge in [-0.05, 0) is 20.3 Å². The molecule has 0 aliphatic carbocycles. The number of hydrogen-bond donors (Lipinski definition) is 0. The van der Waals surface area contributed by atoms with Crippen LogP contribution in [-0.4, -0.2) is 12.7 Å². The van der Waals surface area contributed by atoms with Crippen molar-refractivity contribution in [2.45, 2.75) is 117 Å². The molecule has 1 atom stereocenters. The van der Waals surface area contributed by atoms with Gasteiger partial charge in [-0.3, -0.25) is 0 Å². The molecule has 0 spiro atoms. The van der Waals surface area contributed by atoms with Crippen molar-refractivity contribution in [3.05, 3.63) is 0 Å². The highest BCUT2D eigenvalue weighted by Gasteiger charge is 2.06. The average Bonchev–Trinajstić information content (AvgIpc) is 2.49. The number of hydrogen-bond acceptors (Lipinski definition) is 4. The second kappa shape index (κ2) is 17.0. The lowest BCUT2D eigenvalue weighted by molar-refractivity contribution is -0.209. The van der Waals surface area contributed by atoms with E-state index < -0.39 is 6.72 Å². The smallest absolute Gasteiger partial charge is 0.115 e. The van der Waals surface area contributed by atoms with E-state index in [4.69, 9.17) is 20.9 Å². The second-order valence-electron chi connectivity index (χ2n) is 7.03. The molecular formula is C19H40O3PS-. The minimum atomic E-state index is -3.25. The third-order valence-electron chi connectivity index (χ3n) is 4.09. The fraction of sp³-hybridized carbons (Fsp3) is 1.00. The van der Waals surface area contributed by atoms with E-state index in [1.54, 1.807) is 0 Å². The van der Waals surface area contributed by atoms with Crippen LogP contribution in [0.3, 0.4) is 0 Å². The maximum atomic E-state index is 11.7. The molecule has 0 heterocycles. The fourth-order valence-corrected chi connectivity index (χ4v) is 4.43. The molecule has 0 saturated carbocycles. The molecule has 24 heavy (non-hydrogen) atoms. The predicted molar refractivity (Wildman–Crippen MR) is 107 cm³/mol. The summed E-state index contributed by atoms with van der Waals surface area (Å²) in [6.45, 7) is 3.10. The average molecular weight is 380 g/mol. The summed E-state index contributed by atoms with van der Waals surface area (Å²) in [6, 6.07) is 0. The summed E-state index contributed by atoms with van der Waals surface area (Å²) in [5.41, 5.74) is 0. The first-order valence-corrected chi connectivity index (χ1v) is 12.7. The molecule has 146 valence electrons. The number of unbranched alkanes of at least 4 members (excludes halogenated alkanes) is 13. The number of rotatable bonds is 18. The summed E-state index contributed by atoms with van der Waals surface area (Å²) >= 11 is 4.83. The third kappa shape index (κ3) is 18.9. The quantitative estimate of drug-likeness (QED) is 0.201. The Morgan fingerprint density at radius 3 is 1.50 bits per heavy atom. The molecule has 0 N–H and O–H groups in total. The first-order valence-electron chi connectivity index (χ1n) is 10.1. The zero-order valence-electron chi connectivity index (χ0n) is 16.3. The van der Waals surface area contributed by atoms with Crippen molar-refractivity contribution < 1.29 is 13.9 Å². The molecule has 0 aliphatic heterocycles. The summed E-state index contributed by atoms with van der Waals surface area (Å²) in [4.78, 5) is 11.7. The molecule has 0 aromatic heterocycles. The molecule has 0 aromatic rings. The maximum absolute atomic E-state index is 11.7. The van der Waals surface area contributed by atoms with Gasteiger partial charge in [-0.15, -0.1) is 0 Å². The second-order valence-corrected chi connectivity index (χ2v) is 9.74. The van der Waals surface area contributed by atoms with E-state index in [1.807, 2.05) is 13.8 Å². The van der Waals surface area contributed by atoms with Gasteiger partial charge in [-0.1, -0.05) is 102 Å². The van der Waals surface area contributed by atoms with E-state index in [1.165, 1.54) is 77.0 Å². The van der Waals surface area contributed by atoms with E-state index in [9.17, 15) is 4.89 Å². The summed E-state index contributed by atoms with van der Waals surface area (Å²) in [7, 11) is 0. The molecule has 0 aromatic carbocycles. The van der Waals surface area contributed by atoms with Crippen LogP contribution in [0, 0.1) is 0 Å². The van der Waals surface area contributed by atoms with E-state index >= 15 is 0 Å². The molecule has 0 aliphatic rings. The van der Waals surface area contributed by atoms with Crippen LogP contribution < -0.4 is 4.89 Å². The molecule has 0 fully saturated rings. The predicted octanol–water partition coefficient (Wildman–Crippen LogP) is 6.49. The van der Waals surface area contributed by atoms with Gasteiger partial charge < -0.3 is 13.9 Å². The van der Waals surface area contributed by atoms with Gasteiger partial charge in [0.15, 0.2) is 0 Å². The summed E-state index contributed by atoms with van der Waals surface area (Å²) < 4.78 is 10.3. The van der Waals surface area contributed by atoms with Crippen LogP contribution >= 0.6 is 6.72 Å². The largest absolute Gasteiger partial charge is 0.780 e. The topological polar surface area (TPSA) is 41.5 Å². The minimum absolute atomic E-state index is 0.148. The van der Waals surface area contributed by atoms with Gasteiger partial charge >= 0.3 is 0 Å². The van der Waals surface area contributed by atoms with Crippen molar-refractivity contribution in [1.29, 1.82) is 0 Å². The molecule has 3 nitrogen and oxygen atoms in total. The molecule has 0 saturated heterocycles. The van der Waals surface area contributed by atoms with Crippen LogP contribution in [0.25, 0.3) is 0 Å². The van der Waals surface area contributed by atoms with Gasteiger partial charge in [0.1, 0.15) is 6.72 Å². The van der Waals surface area contributed by atoms with Crippen molar-refractivity contribution in [2.24, 2.45) is 0 Å². The molecule has 0 rings (SSSR count). The van der Waals surface area contributed by atoms with Gasteiger partial charge in [0.25, 0.3) is 0 Å². The Balaban J connectivity index is 3.19. The lowest BCUT2D eigenvalue weighted by Crippen LogP contribution is -2.12. The first-order chi connectivity index (χ1) is 11.5. The van der Waals surface area contributed by atoms with Crippen LogP contribution in [0.5, 0.6) is 0 Å². The fourth-order valence-electron chi connectivity index (χ4n) is 2.76. The zero-order valence-corrected chi connectivity index (χ0v) is 18.0. The van der Waals surface area contributed by atoms with Crippen molar-refractivity contribution in [2.75, 3.05) is 6.61 Å². The lowest BCUT2D eigenvalue weighted by atomic mass is 10.0. The summed E-state index contributed by atoms with van der Waals surface area (Å²) in [5.74, 6) is 0. The standard InChI is InChI=1S/C19H41O3PS/c1-4-5-6-7-8-9-10-11-12-13-14-15-16-17-18-21-23(20,24)22-19(2)3/h19H,4-18H2,1-3H3,(H,20,24)/p-1. The van der Waals surface area contributed by atoms with Crippen LogP contribution in [0.15, 0.2) is 0 Å².